The lowest BCUT2D eigenvalue weighted by atomic mass is 10.1. The van der Waals surface area contributed by atoms with Gasteiger partial charge in [0.05, 0.1) is 0 Å². The van der Waals surface area contributed by atoms with Gasteiger partial charge in [-0.15, -0.1) is 0 Å². The Morgan fingerprint density at radius 1 is 1.22 bits per heavy atom. The van der Waals surface area contributed by atoms with Crippen molar-refractivity contribution in [2.45, 2.75) is 11.7 Å². The second-order valence-electron chi connectivity index (χ2n) is 5.18. The molecule has 3 rings (SSSR count). The highest BCUT2D eigenvalue weighted by atomic mass is 32.2. The Labute approximate surface area is 136 Å². The minimum Gasteiger partial charge on any atom is -0.335 e. The Hall–Kier alpha value is -2.02. The summed E-state index contributed by atoms with van der Waals surface area (Å²) >= 11 is 1.53. The lowest BCUT2D eigenvalue weighted by molar-refractivity contribution is 0.0754. The van der Waals surface area contributed by atoms with E-state index in [1.165, 1.54) is 30.2 Å². The molecule has 0 N–H and O–H groups in total. The molecule has 0 unspecified atom stereocenters. The van der Waals surface area contributed by atoms with Crippen LogP contribution in [-0.2, 0) is 0 Å². The molecule has 1 aliphatic heterocycles. The van der Waals surface area contributed by atoms with Crippen molar-refractivity contribution in [1.29, 1.82) is 0 Å². The van der Waals surface area contributed by atoms with E-state index < -0.39 is 11.6 Å². The number of nitrogens with zero attached hydrogens (tertiary/aromatic N) is 3. The SMILES string of the molecule is O=C(c1ncccn1)N1CCS[C@H](c2cc(F)ccc2F)CC1. The van der Waals surface area contributed by atoms with Crippen LogP contribution in [0.25, 0.3) is 0 Å². The van der Waals surface area contributed by atoms with Crippen LogP contribution in [0.4, 0.5) is 8.78 Å². The summed E-state index contributed by atoms with van der Waals surface area (Å²) in [6.45, 7) is 1.000. The first-order chi connectivity index (χ1) is 11.1. The summed E-state index contributed by atoms with van der Waals surface area (Å²) < 4.78 is 27.3. The minimum absolute atomic E-state index is 0.160. The van der Waals surface area contributed by atoms with Crippen LogP contribution in [0.15, 0.2) is 36.7 Å². The van der Waals surface area contributed by atoms with Crippen LogP contribution in [0.2, 0.25) is 0 Å². The first-order valence-corrected chi connectivity index (χ1v) is 8.33. The molecule has 0 aliphatic carbocycles. The van der Waals surface area contributed by atoms with Gasteiger partial charge in [-0.25, -0.2) is 18.7 Å². The zero-order chi connectivity index (χ0) is 16.2. The third-order valence-electron chi connectivity index (χ3n) is 3.69. The number of hydrogen-bond acceptors (Lipinski definition) is 4. The lowest BCUT2D eigenvalue weighted by Crippen LogP contribution is -2.34. The van der Waals surface area contributed by atoms with Crippen molar-refractivity contribution in [3.8, 4) is 0 Å². The van der Waals surface area contributed by atoms with Crippen molar-refractivity contribution < 1.29 is 13.6 Å². The molecule has 1 aromatic heterocycles. The molecule has 2 heterocycles. The molecule has 120 valence electrons. The number of amides is 1. The standard InChI is InChI=1S/C16H15F2N3OS/c17-11-2-3-13(18)12(10-11)14-4-7-21(8-9-23-14)16(22)15-19-5-1-6-20-15/h1-3,5-6,10,14H,4,7-9H2/t14-/m0/s1. The predicted molar refractivity (Wildman–Crippen MR) is 84.1 cm³/mol. The molecule has 1 aromatic carbocycles. The normalized spacial score (nSPS) is 18.5. The van der Waals surface area contributed by atoms with Gasteiger partial charge in [0.25, 0.3) is 5.91 Å². The molecule has 1 atom stereocenters. The Balaban J connectivity index is 1.72. The van der Waals surface area contributed by atoms with Crippen LogP contribution in [0.1, 0.15) is 27.9 Å². The number of hydrogen-bond donors (Lipinski definition) is 0. The van der Waals surface area contributed by atoms with E-state index in [1.807, 2.05) is 0 Å². The monoisotopic (exact) mass is 335 g/mol. The van der Waals surface area contributed by atoms with Gasteiger partial charge in [0.1, 0.15) is 11.6 Å². The molecule has 0 bridgehead atoms. The van der Waals surface area contributed by atoms with E-state index in [0.717, 1.165) is 12.1 Å². The van der Waals surface area contributed by atoms with Gasteiger partial charge in [-0.2, -0.15) is 11.8 Å². The van der Waals surface area contributed by atoms with Gasteiger partial charge in [-0.1, -0.05) is 0 Å². The first kappa shape index (κ1) is 15.9. The second kappa shape index (κ2) is 7.04. The van der Waals surface area contributed by atoms with Crippen LogP contribution in [0.5, 0.6) is 0 Å². The number of thioether (sulfide) groups is 1. The van der Waals surface area contributed by atoms with Crippen LogP contribution in [0, 0.1) is 11.6 Å². The maximum Gasteiger partial charge on any atom is 0.291 e. The summed E-state index contributed by atoms with van der Waals surface area (Å²) in [4.78, 5) is 22.0. The summed E-state index contributed by atoms with van der Waals surface area (Å²) in [5.41, 5.74) is 0.361. The maximum absolute atomic E-state index is 13.9. The Morgan fingerprint density at radius 2 is 2.00 bits per heavy atom. The number of carbonyl (C=O) groups excluding carboxylic acids is 1. The lowest BCUT2D eigenvalue weighted by Gasteiger charge is -2.19. The Kier molecular flexibility index (Phi) is 4.85. The van der Waals surface area contributed by atoms with Crippen molar-refractivity contribution in [2.75, 3.05) is 18.8 Å². The predicted octanol–water partition coefficient (Wildman–Crippen LogP) is 3.08. The zero-order valence-electron chi connectivity index (χ0n) is 12.3. The Morgan fingerprint density at radius 3 is 2.78 bits per heavy atom. The van der Waals surface area contributed by atoms with Crippen molar-refractivity contribution in [1.82, 2.24) is 14.9 Å². The van der Waals surface area contributed by atoms with Gasteiger partial charge in [0.2, 0.25) is 5.82 Å². The highest BCUT2D eigenvalue weighted by molar-refractivity contribution is 7.99. The molecule has 1 amide bonds. The summed E-state index contributed by atoms with van der Waals surface area (Å²) in [5, 5.41) is -0.166. The summed E-state index contributed by atoms with van der Waals surface area (Å²) in [7, 11) is 0. The topological polar surface area (TPSA) is 46.1 Å². The summed E-state index contributed by atoms with van der Waals surface area (Å²) in [6.07, 6.45) is 3.61. The van der Waals surface area contributed by atoms with Crippen LogP contribution < -0.4 is 0 Å². The average Bonchev–Trinajstić information content (AvgIpc) is 2.83. The maximum atomic E-state index is 13.9. The number of benzene rings is 1. The highest BCUT2D eigenvalue weighted by Crippen LogP contribution is 2.36. The molecule has 0 saturated carbocycles. The molecule has 4 nitrogen and oxygen atoms in total. The van der Waals surface area contributed by atoms with E-state index in [9.17, 15) is 13.6 Å². The molecule has 1 saturated heterocycles. The fourth-order valence-electron chi connectivity index (χ4n) is 2.53. The van der Waals surface area contributed by atoms with Gasteiger partial charge < -0.3 is 4.90 Å². The van der Waals surface area contributed by atoms with Crippen molar-refractivity contribution in [2.24, 2.45) is 0 Å². The fraction of sp³-hybridized carbons (Fsp3) is 0.312. The smallest absolute Gasteiger partial charge is 0.291 e. The molecule has 0 radical (unpaired) electrons. The number of carbonyl (C=O) groups is 1. The van der Waals surface area contributed by atoms with Gasteiger partial charge in [-0.05, 0) is 30.7 Å². The molecule has 2 aromatic rings. The molecule has 23 heavy (non-hydrogen) atoms. The largest absolute Gasteiger partial charge is 0.335 e. The van der Waals surface area contributed by atoms with E-state index in [2.05, 4.69) is 9.97 Å². The van der Waals surface area contributed by atoms with E-state index in [0.29, 0.717) is 30.8 Å². The van der Waals surface area contributed by atoms with E-state index in [1.54, 1.807) is 11.0 Å². The Bertz CT molecular complexity index is 699. The quantitative estimate of drug-likeness (QED) is 0.846. The van der Waals surface area contributed by atoms with E-state index >= 15 is 0 Å². The average molecular weight is 335 g/mol. The van der Waals surface area contributed by atoms with Crippen molar-refractivity contribution in [3.63, 3.8) is 0 Å². The third-order valence-corrected chi connectivity index (χ3v) is 5.00. The third kappa shape index (κ3) is 3.67. The van der Waals surface area contributed by atoms with Crippen molar-refractivity contribution in [3.05, 3.63) is 59.7 Å². The first-order valence-electron chi connectivity index (χ1n) is 7.28. The van der Waals surface area contributed by atoms with E-state index in [-0.39, 0.29) is 17.0 Å². The highest BCUT2D eigenvalue weighted by Gasteiger charge is 2.25. The number of rotatable bonds is 2. The number of aromatic nitrogens is 2. The van der Waals surface area contributed by atoms with Crippen LogP contribution in [0.3, 0.4) is 0 Å². The fourth-order valence-corrected chi connectivity index (χ4v) is 3.78. The summed E-state index contributed by atoms with van der Waals surface area (Å²) in [5.74, 6) is -0.273. The van der Waals surface area contributed by atoms with Gasteiger partial charge in [0.15, 0.2) is 0 Å². The minimum atomic E-state index is -0.447. The molecule has 7 heteroatoms. The van der Waals surface area contributed by atoms with Crippen molar-refractivity contribution >= 4 is 17.7 Å². The van der Waals surface area contributed by atoms with Gasteiger partial charge in [-0.3, -0.25) is 4.79 Å². The summed E-state index contributed by atoms with van der Waals surface area (Å²) in [6, 6.07) is 5.15. The van der Waals surface area contributed by atoms with Crippen LogP contribution in [-0.4, -0.2) is 39.6 Å². The van der Waals surface area contributed by atoms with E-state index in [4.69, 9.17) is 0 Å². The second-order valence-corrected chi connectivity index (χ2v) is 6.49. The molecular weight excluding hydrogens is 320 g/mol. The van der Waals surface area contributed by atoms with Gasteiger partial charge in [0, 0.05) is 42.0 Å². The molecular formula is C16H15F2N3OS. The zero-order valence-corrected chi connectivity index (χ0v) is 13.1. The molecule has 1 aliphatic rings. The van der Waals surface area contributed by atoms with Gasteiger partial charge >= 0.3 is 0 Å². The molecule has 0 spiro atoms. The van der Waals surface area contributed by atoms with Crippen LogP contribution >= 0.6 is 11.8 Å². The number of halogens is 2. The molecule has 1 fully saturated rings.